The molecule has 1 amide bonds. The molecule has 1 aromatic rings. The lowest BCUT2D eigenvalue weighted by Gasteiger charge is -2.39. The van der Waals surface area contributed by atoms with Crippen LogP contribution in [0.2, 0.25) is 0 Å². The van der Waals surface area contributed by atoms with E-state index in [1.54, 1.807) is 4.90 Å². The van der Waals surface area contributed by atoms with Gasteiger partial charge in [0.05, 0.1) is 12.1 Å². The van der Waals surface area contributed by atoms with Crippen LogP contribution in [0.4, 0.5) is 4.79 Å². The summed E-state index contributed by atoms with van der Waals surface area (Å²) in [7, 11) is 0. The number of carbonyl (C=O) groups is 1. The molecule has 0 radical (unpaired) electrons. The zero-order valence-corrected chi connectivity index (χ0v) is 14.3. The quantitative estimate of drug-likeness (QED) is 0.895. The van der Waals surface area contributed by atoms with Crippen molar-refractivity contribution in [2.75, 3.05) is 19.6 Å². The molecule has 5 heteroatoms. The summed E-state index contributed by atoms with van der Waals surface area (Å²) in [5, 5.41) is 14.0. The Morgan fingerprint density at radius 3 is 2.70 bits per heavy atom. The Morgan fingerprint density at radius 2 is 2.04 bits per heavy atom. The summed E-state index contributed by atoms with van der Waals surface area (Å²) in [4.78, 5) is 13.8. The zero-order valence-electron chi connectivity index (χ0n) is 14.3. The predicted octanol–water partition coefficient (Wildman–Crippen LogP) is 2.54. The Labute approximate surface area is 138 Å². The van der Waals surface area contributed by atoms with Crippen LogP contribution >= 0.6 is 0 Å². The second-order valence-corrected chi connectivity index (χ2v) is 7.32. The first-order valence-electron chi connectivity index (χ1n) is 8.22. The number of β-amino-alcohol motifs (C(OH)–C–C–N with tert-alkyl or cyclic N) is 1. The number of hydrogen-bond donors (Lipinski definition) is 2. The highest BCUT2D eigenvalue weighted by molar-refractivity contribution is 5.68. The Balaban J connectivity index is 1.84. The van der Waals surface area contributed by atoms with Crippen molar-refractivity contribution in [3.05, 3.63) is 35.9 Å². The summed E-state index contributed by atoms with van der Waals surface area (Å²) in [6.07, 6.45) is 1.12. The first-order chi connectivity index (χ1) is 10.8. The molecule has 1 heterocycles. The van der Waals surface area contributed by atoms with E-state index in [9.17, 15) is 9.90 Å². The molecule has 1 unspecified atom stereocenters. The van der Waals surface area contributed by atoms with Gasteiger partial charge in [-0.1, -0.05) is 30.3 Å². The summed E-state index contributed by atoms with van der Waals surface area (Å²) in [6.45, 7) is 7.66. The highest BCUT2D eigenvalue weighted by Gasteiger charge is 2.36. The van der Waals surface area contributed by atoms with Gasteiger partial charge in [0.1, 0.15) is 5.60 Å². The minimum atomic E-state index is -0.899. The van der Waals surface area contributed by atoms with E-state index in [1.807, 2.05) is 51.1 Å². The molecule has 1 aromatic carbocycles. The van der Waals surface area contributed by atoms with E-state index in [4.69, 9.17) is 4.74 Å². The van der Waals surface area contributed by atoms with Gasteiger partial charge in [0.15, 0.2) is 0 Å². The number of nitrogens with zero attached hydrogens (tertiary/aromatic N) is 1. The van der Waals surface area contributed by atoms with Crippen LogP contribution in [0, 0.1) is 0 Å². The van der Waals surface area contributed by atoms with E-state index < -0.39 is 11.2 Å². The van der Waals surface area contributed by atoms with Crippen molar-refractivity contribution >= 4 is 6.09 Å². The smallest absolute Gasteiger partial charge is 0.410 e. The summed E-state index contributed by atoms with van der Waals surface area (Å²) in [6, 6.07) is 10.1. The maximum Gasteiger partial charge on any atom is 0.410 e. The minimum absolute atomic E-state index is 0.309. The molecule has 0 spiro atoms. The molecular formula is C18H28N2O3. The fraction of sp³-hybridized carbons (Fsp3) is 0.611. The molecule has 1 saturated heterocycles. The SMILES string of the molecule is CC(C)(C)OC(=O)N1CCCC(O)(CNCc2ccccc2)C1. The number of amides is 1. The molecule has 1 atom stereocenters. The average Bonchev–Trinajstić information content (AvgIpc) is 2.46. The standard InChI is InChI=1S/C18H28N2O3/c1-17(2,3)23-16(21)20-11-7-10-18(22,14-20)13-19-12-15-8-5-4-6-9-15/h4-6,8-9,19,22H,7,10-14H2,1-3H3. The van der Waals surface area contributed by atoms with E-state index >= 15 is 0 Å². The number of benzene rings is 1. The van der Waals surface area contributed by atoms with E-state index in [-0.39, 0.29) is 6.09 Å². The molecular weight excluding hydrogens is 292 g/mol. The van der Waals surface area contributed by atoms with E-state index in [2.05, 4.69) is 5.32 Å². The van der Waals surface area contributed by atoms with Gasteiger partial charge in [-0.25, -0.2) is 4.79 Å². The van der Waals surface area contributed by atoms with Crippen LogP contribution in [0.3, 0.4) is 0 Å². The van der Waals surface area contributed by atoms with Crippen LogP contribution in [-0.2, 0) is 11.3 Å². The number of likely N-dealkylation sites (tertiary alicyclic amines) is 1. The summed E-state index contributed by atoms with van der Waals surface area (Å²) >= 11 is 0. The third-order valence-electron chi connectivity index (χ3n) is 3.83. The van der Waals surface area contributed by atoms with Crippen LogP contribution in [-0.4, -0.2) is 46.9 Å². The predicted molar refractivity (Wildman–Crippen MR) is 90.1 cm³/mol. The molecule has 2 N–H and O–H groups in total. The van der Waals surface area contributed by atoms with Gasteiger partial charge < -0.3 is 20.1 Å². The average molecular weight is 320 g/mol. The van der Waals surface area contributed by atoms with Crippen LogP contribution < -0.4 is 5.32 Å². The maximum absolute atomic E-state index is 12.2. The molecule has 5 nitrogen and oxygen atoms in total. The largest absolute Gasteiger partial charge is 0.444 e. The van der Waals surface area contributed by atoms with Crippen molar-refractivity contribution in [3.63, 3.8) is 0 Å². The van der Waals surface area contributed by atoms with Crippen molar-refractivity contribution in [3.8, 4) is 0 Å². The van der Waals surface area contributed by atoms with Crippen LogP contribution in [0.5, 0.6) is 0 Å². The highest BCUT2D eigenvalue weighted by Crippen LogP contribution is 2.22. The highest BCUT2D eigenvalue weighted by atomic mass is 16.6. The van der Waals surface area contributed by atoms with Gasteiger partial charge in [0.25, 0.3) is 0 Å². The van der Waals surface area contributed by atoms with Crippen molar-refractivity contribution < 1.29 is 14.6 Å². The molecule has 0 aromatic heterocycles. The van der Waals surface area contributed by atoms with Gasteiger partial charge in [-0.05, 0) is 39.2 Å². The second-order valence-electron chi connectivity index (χ2n) is 7.32. The fourth-order valence-electron chi connectivity index (χ4n) is 2.77. The van der Waals surface area contributed by atoms with Gasteiger partial charge in [-0.3, -0.25) is 0 Å². The van der Waals surface area contributed by atoms with Gasteiger partial charge in [-0.2, -0.15) is 0 Å². The Bertz CT molecular complexity index is 513. The van der Waals surface area contributed by atoms with Crippen LogP contribution in [0.25, 0.3) is 0 Å². The number of piperidine rings is 1. The third kappa shape index (κ3) is 5.84. The van der Waals surface area contributed by atoms with Crippen molar-refractivity contribution in [1.82, 2.24) is 10.2 Å². The molecule has 1 aliphatic heterocycles. The molecule has 1 aliphatic rings. The topological polar surface area (TPSA) is 61.8 Å². The van der Waals surface area contributed by atoms with Crippen molar-refractivity contribution in [2.45, 2.75) is 51.4 Å². The monoisotopic (exact) mass is 320 g/mol. The third-order valence-corrected chi connectivity index (χ3v) is 3.83. The van der Waals surface area contributed by atoms with Gasteiger partial charge >= 0.3 is 6.09 Å². The van der Waals surface area contributed by atoms with Crippen molar-refractivity contribution in [1.29, 1.82) is 0 Å². The van der Waals surface area contributed by atoms with E-state index in [1.165, 1.54) is 5.56 Å². The Kier molecular flexibility index (Phi) is 5.65. The Morgan fingerprint density at radius 1 is 1.35 bits per heavy atom. The zero-order chi connectivity index (χ0) is 16.9. The first kappa shape index (κ1) is 17.8. The lowest BCUT2D eigenvalue weighted by Crippen LogP contribution is -2.55. The number of aliphatic hydroxyl groups is 1. The van der Waals surface area contributed by atoms with Gasteiger partial charge in [-0.15, -0.1) is 0 Å². The number of ether oxygens (including phenoxy) is 1. The van der Waals surface area contributed by atoms with Crippen molar-refractivity contribution in [2.24, 2.45) is 0 Å². The summed E-state index contributed by atoms with van der Waals surface area (Å²) in [5.74, 6) is 0. The lowest BCUT2D eigenvalue weighted by molar-refractivity contribution is -0.0418. The molecule has 2 rings (SSSR count). The first-order valence-corrected chi connectivity index (χ1v) is 8.22. The van der Waals surface area contributed by atoms with Crippen LogP contribution in [0.15, 0.2) is 30.3 Å². The number of rotatable bonds is 4. The fourth-order valence-corrected chi connectivity index (χ4v) is 2.77. The Hall–Kier alpha value is -1.59. The number of nitrogens with one attached hydrogen (secondary N) is 1. The van der Waals surface area contributed by atoms with Crippen LogP contribution in [0.1, 0.15) is 39.2 Å². The second kappa shape index (κ2) is 7.32. The van der Waals surface area contributed by atoms with E-state index in [0.717, 1.165) is 6.42 Å². The summed E-state index contributed by atoms with van der Waals surface area (Å²) < 4.78 is 5.40. The molecule has 0 aliphatic carbocycles. The molecule has 23 heavy (non-hydrogen) atoms. The molecule has 128 valence electrons. The molecule has 0 bridgehead atoms. The number of hydrogen-bond acceptors (Lipinski definition) is 4. The van der Waals surface area contributed by atoms with Gasteiger partial charge in [0.2, 0.25) is 0 Å². The van der Waals surface area contributed by atoms with E-state index in [0.29, 0.717) is 32.6 Å². The summed E-state index contributed by atoms with van der Waals surface area (Å²) in [5.41, 5.74) is -0.238. The van der Waals surface area contributed by atoms with Gasteiger partial charge in [0, 0.05) is 19.6 Å². The normalized spacial score (nSPS) is 22.0. The molecule has 0 saturated carbocycles. The molecule has 1 fully saturated rings. The lowest BCUT2D eigenvalue weighted by atomic mass is 9.93. The minimum Gasteiger partial charge on any atom is -0.444 e. The number of carbonyl (C=O) groups excluding carboxylic acids is 1. The maximum atomic E-state index is 12.2.